The Morgan fingerprint density at radius 1 is 1.50 bits per heavy atom. The lowest BCUT2D eigenvalue weighted by Crippen LogP contribution is -2.42. The summed E-state index contributed by atoms with van der Waals surface area (Å²) < 4.78 is 10.1. The van der Waals surface area contributed by atoms with E-state index in [-0.39, 0.29) is 23.6 Å². The van der Waals surface area contributed by atoms with Gasteiger partial charge in [-0.15, -0.1) is 6.58 Å². The first-order chi connectivity index (χ1) is 11.4. The predicted octanol–water partition coefficient (Wildman–Crippen LogP) is 1.52. The van der Waals surface area contributed by atoms with Crippen LogP contribution in [0.5, 0.6) is 11.5 Å². The lowest BCUT2D eigenvalue weighted by molar-refractivity contribution is -0.385. The SMILES string of the molecule is C=CCCC(NC(=O)COc1ccc([N+](=O)[O-])c(OC)c1)C(=O)O. The van der Waals surface area contributed by atoms with Crippen molar-refractivity contribution in [3.63, 3.8) is 0 Å². The predicted molar refractivity (Wildman–Crippen MR) is 84.1 cm³/mol. The van der Waals surface area contributed by atoms with Crippen molar-refractivity contribution in [3.8, 4) is 11.5 Å². The third-order valence-corrected chi connectivity index (χ3v) is 3.01. The number of allylic oxidation sites excluding steroid dienone is 1. The molecule has 0 aromatic heterocycles. The normalized spacial score (nSPS) is 11.2. The summed E-state index contributed by atoms with van der Waals surface area (Å²) in [4.78, 5) is 33.0. The second-order valence-corrected chi connectivity index (χ2v) is 4.70. The van der Waals surface area contributed by atoms with Crippen LogP contribution < -0.4 is 14.8 Å². The van der Waals surface area contributed by atoms with E-state index in [1.165, 1.54) is 25.3 Å². The summed E-state index contributed by atoms with van der Waals surface area (Å²) in [5.41, 5.74) is -0.232. The van der Waals surface area contributed by atoms with Crippen molar-refractivity contribution in [1.29, 1.82) is 0 Å². The number of hydrogen-bond donors (Lipinski definition) is 2. The number of nitrogens with zero attached hydrogens (tertiary/aromatic N) is 1. The van der Waals surface area contributed by atoms with Crippen LogP contribution in [0.15, 0.2) is 30.9 Å². The number of methoxy groups -OCH3 is 1. The summed E-state index contributed by atoms with van der Waals surface area (Å²) in [7, 11) is 1.27. The lowest BCUT2D eigenvalue weighted by atomic mass is 10.1. The van der Waals surface area contributed by atoms with E-state index >= 15 is 0 Å². The minimum absolute atomic E-state index is 0.00713. The number of amides is 1. The summed E-state index contributed by atoms with van der Waals surface area (Å²) in [6.45, 7) is 3.06. The van der Waals surface area contributed by atoms with E-state index in [0.717, 1.165) is 0 Å². The van der Waals surface area contributed by atoms with E-state index in [9.17, 15) is 19.7 Å². The van der Waals surface area contributed by atoms with E-state index < -0.39 is 29.4 Å². The highest BCUT2D eigenvalue weighted by molar-refractivity contribution is 5.84. The van der Waals surface area contributed by atoms with Gasteiger partial charge in [0.15, 0.2) is 6.61 Å². The highest BCUT2D eigenvalue weighted by Gasteiger charge is 2.20. The molecule has 0 heterocycles. The fraction of sp³-hybridized carbons (Fsp3) is 0.333. The molecule has 1 aromatic carbocycles. The first-order valence-electron chi connectivity index (χ1n) is 6.97. The van der Waals surface area contributed by atoms with Crippen molar-refractivity contribution < 1.29 is 29.1 Å². The molecule has 1 atom stereocenters. The molecule has 0 aliphatic heterocycles. The molecule has 1 rings (SSSR count). The largest absolute Gasteiger partial charge is 0.490 e. The number of carboxylic acids is 1. The molecule has 0 saturated carbocycles. The van der Waals surface area contributed by atoms with Gasteiger partial charge in [-0.1, -0.05) is 6.08 Å². The van der Waals surface area contributed by atoms with Gasteiger partial charge in [-0.2, -0.15) is 0 Å². The third-order valence-electron chi connectivity index (χ3n) is 3.01. The number of hydrogen-bond acceptors (Lipinski definition) is 6. The van der Waals surface area contributed by atoms with Gasteiger partial charge in [0.1, 0.15) is 11.8 Å². The Bertz CT molecular complexity index is 630. The van der Waals surface area contributed by atoms with Crippen molar-refractivity contribution in [2.24, 2.45) is 0 Å². The average Bonchev–Trinajstić information content (AvgIpc) is 2.55. The minimum Gasteiger partial charge on any atom is -0.490 e. The Morgan fingerprint density at radius 3 is 2.75 bits per heavy atom. The summed E-state index contributed by atoms with van der Waals surface area (Å²) >= 11 is 0. The number of ether oxygens (including phenoxy) is 2. The van der Waals surface area contributed by atoms with Gasteiger partial charge in [0.25, 0.3) is 5.91 Å². The van der Waals surface area contributed by atoms with Crippen LogP contribution in [-0.2, 0) is 9.59 Å². The number of benzene rings is 1. The Kier molecular flexibility index (Phi) is 7.21. The van der Waals surface area contributed by atoms with E-state index in [1.54, 1.807) is 6.08 Å². The molecule has 0 aliphatic rings. The van der Waals surface area contributed by atoms with Crippen LogP contribution in [0.4, 0.5) is 5.69 Å². The maximum Gasteiger partial charge on any atom is 0.326 e. The quantitative estimate of drug-likeness (QED) is 0.376. The smallest absolute Gasteiger partial charge is 0.326 e. The fourth-order valence-corrected chi connectivity index (χ4v) is 1.83. The summed E-state index contributed by atoms with van der Waals surface area (Å²) in [5.74, 6) is -1.59. The van der Waals surface area contributed by atoms with Gasteiger partial charge in [-0.05, 0) is 18.9 Å². The molecule has 1 aromatic rings. The molecule has 1 unspecified atom stereocenters. The van der Waals surface area contributed by atoms with Crippen molar-refractivity contribution in [2.45, 2.75) is 18.9 Å². The molecule has 0 bridgehead atoms. The van der Waals surface area contributed by atoms with Gasteiger partial charge in [0.05, 0.1) is 12.0 Å². The molecule has 0 aliphatic carbocycles. The van der Waals surface area contributed by atoms with Gasteiger partial charge in [-0.25, -0.2) is 4.79 Å². The van der Waals surface area contributed by atoms with Gasteiger partial charge in [0.2, 0.25) is 5.75 Å². The minimum atomic E-state index is -1.15. The Morgan fingerprint density at radius 2 is 2.21 bits per heavy atom. The van der Waals surface area contributed by atoms with E-state index in [1.807, 2.05) is 0 Å². The standard InChI is InChI=1S/C15H18N2O7/c1-3-4-5-11(15(19)20)16-14(18)9-24-10-6-7-12(17(21)22)13(8-10)23-2/h3,6-8,11H,1,4-5,9H2,2H3,(H,16,18)(H,19,20). The Balaban J connectivity index is 2.64. The van der Waals surface area contributed by atoms with Gasteiger partial charge in [0, 0.05) is 12.1 Å². The monoisotopic (exact) mass is 338 g/mol. The topological polar surface area (TPSA) is 128 Å². The number of nitro benzene ring substituents is 1. The van der Waals surface area contributed by atoms with E-state index in [2.05, 4.69) is 11.9 Å². The zero-order valence-electron chi connectivity index (χ0n) is 13.1. The number of nitro groups is 1. The van der Waals surface area contributed by atoms with Crippen LogP contribution in [0.2, 0.25) is 0 Å². The average molecular weight is 338 g/mol. The van der Waals surface area contributed by atoms with Gasteiger partial charge < -0.3 is 19.9 Å². The van der Waals surface area contributed by atoms with Crippen molar-refractivity contribution in [1.82, 2.24) is 5.32 Å². The van der Waals surface area contributed by atoms with Crippen molar-refractivity contribution in [3.05, 3.63) is 41.0 Å². The number of carbonyl (C=O) groups is 2. The molecule has 0 radical (unpaired) electrons. The number of carbonyl (C=O) groups excluding carboxylic acids is 1. The third kappa shape index (κ3) is 5.59. The molecule has 0 saturated heterocycles. The van der Waals surface area contributed by atoms with Crippen LogP contribution in [0.25, 0.3) is 0 Å². The molecule has 9 heteroatoms. The number of rotatable bonds is 10. The van der Waals surface area contributed by atoms with Gasteiger partial charge in [-0.3, -0.25) is 14.9 Å². The van der Waals surface area contributed by atoms with Gasteiger partial charge >= 0.3 is 11.7 Å². The molecule has 1 amide bonds. The molecular formula is C15H18N2O7. The zero-order valence-corrected chi connectivity index (χ0v) is 13.1. The zero-order chi connectivity index (χ0) is 18.1. The van der Waals surface area contributed by atoms with Crippen molar-refractivity contribution >= 4 is 17.6 Å². The highest BCUT2D eigenvalue weighted by Crippen LogP contribution is 2.30. The summed E-state index contributed by atoms with van der Waals surface area (Å²) in [6, 6.07) is 2.75. The molecule has 0 spiro atoms. The van der Waals surface area contributed by atoms with Crippen LogP contribution >= 0.6 is 0 Å². The van der Waals surface area contributed by atoms with Crippen LogP contribution in [-0.4, -0.2) is 41.7 Å². The van der Waals surface area contributed by atoms with E-state index in [0.29, 0.717) is 6.42 Å². The first-order valence-corrected chi connectivity index (χ1v) is 6.97. The second kappa shape index (κ2) is 9.13. The molecule has 2 N–H and O–H groups in total. The maximum atomic E-state index is 11.8. The Hall–Kier alpha value is -3.10. The van der Waals surface area contributed by atoms with Crippen LogP contribution in [0.3, 0.4) is 0 Å². The van der Waals surface area contributed by atoms with Crippen LogP contribution in [0.1, 0.15) is 12.8 Å². The van der Waals surface area contributed by atoms with Crippen LogP contribution in [0, 0.1) is 10.1 Å². The number of aliphatic carboxylic acids is 1. The molecule has 0 fully saturated rings. The van der Waals surface area contributed by atoms with Crippen molar-refractivity contribution in [2.75, 3.05) is 13.7 Å². The van der Waals surface area contributed by atoms with E-state index in [4.69, 9.17) is 14.6 Å². The molecule has 9 nitrogen and oxygen atoms in total. The summed E-state index contributed by atoms with van der Waals surface area (Å²) in [6.07, 6.45) is 2.22. The second-order valence-electron chi connectivity index (χ2n) is 4.70. The highest BCUT2D eigenvalue weighted by atomic mass is 16.6. The first kappa shape index (κ1) is 18.9. The molecule has 130 valence electrons. The lowest BCUT2D eigenvalue weighted by Gasteiger charge is -2.14. The molecule has 24 heavy (non-hydrogen) atoms. The Labute approximate surface area is 138 Å². The fourth-order valence-electron chi connectivity index (χ4n) is 1.83. The molecular weight excluding hydrogens is 320 g/mol. The maximum absolute atomic E-state index is 11.8. The number of carboxylic acid groups (broad SMARTS) is 1. The summed E-state index contributed by atoms with van der Waals surface area (Å²) in [5, 5.41) is 22.1. The number of nitrogens with one attached hydrogen (secondary N) is 1.